The molecule has 0 spiro atoms. The molecule has 1 atom stereocenters. The summed E-state index contributed by atoms with van der Waals surface area (Å²) in [6, 6.07) is 12.2. The van der Waals surface area contributed by atoms with Gasteiger partial charge in [-0.25, -0.2) is 0 Å². The third-order valence-corrected chi connectivity index (χ3v) is 6.19. The van der Waals surface area contributed by atoms with E-state index in [1.54, 1.807) is 31.5 Å². The molecule has 0 aliphatic carbocycles. The lowest BCUT2D eigenvalue weighted by Crippen LogP contribution is -2.49. The van der Waals surface area contributed by atoms with Crippen LogP contribution in [0.2, 0.25) is 0 Å². The number of carbonyl (C=O) groups excluding carboxylic acids is 1. The summed E-state index contributed by atoms with van der Waals surface area (Å²) in [6.45, 7) is 2.54. The molecule has 1 saturated heterocycles. The summed E-state index contributed by atoms with van der Waals surface area (Å²) >= 11 is 0. The van der Waals surface area contributed by atoms with Crippen LogP contribution in [0, 0.1) is 0 Å². The van der Waals surface area contributed by atoms with Gasteiger partial charge in [0.2, 0.25) is 5.91 Å². The Morgan fingerprint density at radius 3 is 2.51 bits per heavy atom. The molecule has 4 rings (SSSR count). The number of aliphatic carboxylic acids is 2. The first kappa shape index (κ1) is 24.1. The predicted molar refractivity (Wildman–Crippen MR) is 131 cm³/mol. The van der Waals surface area contributed by atoms with Crippen molar-refractivity contribution in [3.05, 3.63) is 54.2 Å². The van der Waals surface area contributed by atoms with Gasteiger partial charge in [-0.3, -0.25) is 19.3 Å². The maximum absolute atomic E-state index is 12.3. The number of carboxylic acids is 2. The second kappa shape index (κ2) is 10.5. The van der Waals surface area contributed by atoms with E-state index in [0.29, 0.717) is 42.9 Å². The van der Waals surface area contributed by atoms with E-state index in [-0.39, 0.29) is 12.8 Å². The van der Waals surface area contributed by atoms with Gasteiger partial charge >= 0.3 is 11.9 Å². The largest absolute Gasteiger partial charge is 0.497 e. The number of nitrogens with one attached hydrogen (secondary N) is 2. The summed E-state index contributed by atoms with van der Waals surface area (Å²) in [6.07, 6.45) is 1.34. The maximum atomic E-state index is 12.3. The molecule has 1 amide bonds. The first-order valence-electron chi connectivity index (χ1n) is 11.3. The Labute approximate surface area is 202 Å². The first-order chi connectivity index (χ1) is 16.9. The number of amides is 1. The molecular formula is C25H28N4O6. The average molecular weight is 481 g/mol. The monoisotopic (exact) mass is 480 g/mol. The Hall–Kier alpha value is -4.05. The van der Waals surface area contributed by atoms with Crippen molar-refractivity contribution in [3.8, 4) is 5.75 Å². The van der Waals surface area contributed by atoms with Crippen molar-refractivity contribution in [2.24, 2.45) is 0 Å². The molecule has 10 heteroatoms. The molecule has 1 fully saturated rings. The van der Waals surface area contributed by atoms with Gasteiger partial charge in [-0.15, -0.1) is 0 Å². The number of aromatic nitrogens is 1. The highest BCUT2D eigenvalue weighted by Gasteiger charge is 2.32. The Balaban J connectivity index is 1.47. The summed E-state index contributed by atoms with van der Waals surface area (Å²) < 4.78 is 5.31. The van der Waals surface area contributed by atoms with Gasteiger partial charge in [0, 0.05) is 72.7 Å². The number of fused-ring (bicyclic) bond motifs is 1. The topological polar surface area (TPSA) is 135 Å². The second-order valence-corrected chi connectivity index (χ2v) is 8.41. The first-order valence-corrected chi connectivity index (χ1v) is 11.3. The van der Waals surface area contributed by atoms with Crippen molar-refractivity contribution in [3.63, 3.8) is 0 Å². The Morgan fingerprint density at radius 1 is 1.06 bits per heavy atom. The van der Waals surface area contributed by atoms with E-state index in [2.05, 4.69) is 15.2 Å². The Morgan fingerprint density at radius 2 is 1.83 bits per heavy atom. The van der Waals surface area contributed by atoms with Crippen LogP contribution < -0.4 is 15.0 Å². The molecular weight excluding hydrogens is 452 g/mol. The van der Waals surface area contributed by atoms with Crippen LogP contribution in [-0.2, 0) is 14.4 Å². The SMILES string of the molecule is COc1cccc(N2CCN(C(C(=O)O)c3c[nH]c4cc(NC(=O)CCC(=O)O)ccc34)CC2)c1. The minimum atomic E-state index is -1.03. The van der Waals surface area contributed by atoms with Crippen molar-refractivity contribution in [1.82, 2.24) is 9.88 Å². The van der Waals surface area contributed by atoms with Gasteiger partial charge in [0.15, 0.2) is 0 Å². The van der Waals surface area contributed by atoms with Crippen LogP contribution in [0.25, 0.3) is 10.9 Å². The highest BCUT2D eigenvalue weighted by molar-refractivity contribution is 5.96. The highest BCUT2D eigenvalue weighted by Crippen LogP contribution is 2.32. The number of carbonyl (C=O) groups is 3. The van der Waals surface area contributed by atoms with Crippen molar-refractivity contribution >= 4 is 40.1 Å². The highest BCUT2D eigenvalue weighted by atomic mass is 16.5. The number of H-pyrrole nitrogens is 1. The molecule has 1 unspecified atom stereocenters. The number of piperazine rings is 1. The number of ether oxygens (including phenoxy) is 1. The van der Waals surface area contributed by atoms with E-state index < -0.39 is 23.9 Å². The molecule has 0 radical (unpaired) electrons. The van der Waals surface area contributed by atoms with Crippen molar-refractivity contribution in [2.45, 2.75) is 18.9 Å². The smallest absolute Gasteiger partial charge is 0.325 e. The van der Waals surface area contributed by atoms with Crippen LogP contribution in [-0.4, -0.2) is 71.2 Å². The fraction of sp³-hybridized carbons (Fsp3) is 0.320. The summed E-state index contributed by atoms with van der Waals surface area (Å²) in [4.78, 5) is 42.2. The summed E-state index contributed by atoms with van der Waals surface area (Å²) in [5.74, 6) is -1.57. The zero-order chi connectivity index (χ0) is 24.9. The number of aromatic amines is 1. The van der Waals surface area contributed by atoms with Gasteiger partial charge in [-0.2, -0.15) is 0 Å². The van der Waals surface area contributed by atoms with Crippen molar-refractivity contribution in [2.75, 3.05) is 43.5 Å². The lowest BCUT2D eigenvalue weighted by Gasteiger charge is -2.38. The van der Waals surface area contributed by atoms with E-state index >= 15 is 0 Å². The Bertz CT molecular complexity index is 1230. The van der Waals surface area contributed by atoms with E-state index in [4.69, 9.17) is 9.84 Å². The van der Waals surface area contributed by atoms with Crippen molar-refractivity contribution in [1.29, 1.82) is 0 Å². The number of hydrogen-bond donors (Lipinski definition) is 4. The van der Waals surface area contributed by atoms with E-state index in [1.165, 1.54) is 0 Å². The standard InChI is InChI=1S/C25H28N4O6/c1-35-18-4-2-3-17(14-18)28-9-11-29(12-10-28)24(25(33)34)20-15-26-21-13-16(5-6-19(20)21)27-22(30)7-8-23(31)32/h2-6,13-15,24,26H,7-12H2,1H3,(H,27,30)(H,31,32)(H,33,34). The normalized spacial score (nSPS) is 15.1. The van der Waals surface area contributed by atoms with Crippen LogP contribution in [0.1, 0.15) is 24.4 Å². The number of anilines is 2. The molecule has 1 aliphatic rings. The van der Waals surface area contributed by atoms with Gasteiger partial charge in [0.05, 0.1) is 13.5 Å². The molecule has 4 N–H and O–H groups in total. The van der Waals surface area contributed by atoms with Gasteiger partial charge in [-0.05, 0) is 24.3 Å². The number of nitrogens with zero attached hydrogens (tertiary/aromatic N) is 2. The fourth-order valence-electron chi connectivity index (χ4n) is 4.43. The number of rotatable bonds is 9. The van der Waals surface area contributed by atoms with Gasteiger partial charge in [-0.1, -0.05) is 12.1 Å². The zero-order valence-corrected chi connectivity index (χ0v) is 19.4. The molecule has 1 aromatic heterocycles. The van der Waals surface area contributed by atoms with Crippen LogP contribution in [0.3, 0.4) is 0 Å². The number of benzene rings is 2. The van der Waals surface area contributed by atoms with Crippen molar-refractivity contribution < 1.29 is 29.3 Å². The number of carboxylic acid groups (broad SMARTS) is 2. The lowest BCUT2D eigenvalue weighted by molar-refractivity contribution is -0.143. The molecule has 0 bridgehead atoms. The quantitative estimate of drug-likeness (QED) is 0.367. The molecule has 0 saturated carbocycles. The molecule has 1 aliphatic heterocycles. The van der Waals surface area contributed by atoms with Crippen LogP contribution >= 0.6 is 0 Å². The summed E-state index contributed by atoms with van der Waals surface area (Å²) in [7, 11) is 1.63. The molecule has 10 nitrogen and oxygen atoms in total. The van der Waals surface area contributed by atoms with Crippen LogP contribution in [0.5, 0.6) is 5.75 Å². The zero-order valence-electron chi connectivity index (χ0n) is 19.4. The molecule has 2 aromatic carbocycles. The number of methoxy groups -OCH3 is 1. The Kier molecular flexibility index (Phi) is 7.21. The maximum Gasteiger partial charge on any atom is 0.325 e. The van der Waals surface area contributed by atoms with Crippen LogP contribution in [0.15, 0.2) is 48.7 Å². The lowest BCUT2D eigenvalue weighted by atomic mass is 10.0. The third-order valence-electron chi connectivity index (χ3n) is 6.19. The molecule has 184 valence electrons. The van der Waals surface area contributed by atoms with Gasteiger partial charge in [0.1, 0.15) is 11.8 Å². The minimum Gasteiger partial charge on any atom is -0.497 e. The average Bonchev–Trinajstić information content (AvgIpc) is 3.26. The fourth-order valence-corrected chi connectivity index (χ4v) is 4.43. The summed E-state index contributed by atoms with van der Waals surface area (Å²) in [5, 5.41) is 22.3. The molecule has 3 aromatic rings. The van der Waals surface area contributed by atoms with E-state index in [9.17, 15) is 19.5 Å². The second-order valence-electron chi connectivity index (χ2n) is 8.41. The van der Waals surface area contributed by atoms with Gasteiger partial charge < -0.3 is 30.2 Å². The minimum absolute atomic E-state index is 0.119. The van der Waals surface area contributed by atoms with Gasteiger partial charge in [0.25, 0.3) is 0 Å². The summed E-state index contributed by atoms with van der Waals surface area (Å²) in [5.41, 5.74) is 2.91. The predicted octanol–water partition coefficient (Wildman–Crippen LogP) is 2.93. The molecule has 2 heterocycles. The number of hydrogen-bond acceptors (Lipinski definition) is 6. The molecule has 35 heavy (non-hydrogen) atoms. The van der Waals surface area contributed by atoms with E-state index in [1.807, 2.05) is 29.2 Å². The van der Waals surface area contributed by atoms with Crippen LogP contribution in [0.4, 0.5) is 11.4 Å². The third kappa shape index (κ3) is 5.55. The van der Waals surface area contributed by atoms with E-state index in [0.717, 1.165) is 16.8 Å².